The summed E-state index contributed by atoms with van der Waals surface area (Å²) in [5.41, 5.74) is 1.03. The Labute approximate surface area is 135 Å². The maximum absolute atomic E-state index is 11.4. The standard InChI is InChI=1S/C14H16BrNO4S/c15-10-6-13-12(19-2-3-20-13)5-9(10)7-16-1-4-21-8-11(16)14(17)18/h5-6,11H,1-4,7-8H2,(H,17,18). The molecule has 0 radical (unpaired) electrons. The number of nitrogens with zero attached hydrogens (tertiary/aromatic N) is 1. The minimum absolute atomic E-state index is 0.427. The van der Waals surface area contributed by atoms with Crippen LogP contribution in [0.15, 0.2) is 16.6 Å². The monoisotopic (exact) mass is 373 g/mol. The third kappa shape index (κ3) is 3.30. The molecule has 114 valence electrons. The van der Waals surface area contributed by atoms with Gasteiger partial charge in [0, 0.05) is 29.1 Å². The van der Waals surface area contributed by atoms with Crippen molar-refractivity contribution >= 4 is 33.7 Å². The number of carboxylic acids is 1. The van der Waals surface area contributed by atoms with E-state index in [1.165, 1.54) is 0 Å². The summed E-state index contributed by atoms with van der Waals surface area (Å²) < 4.78 is 12.1. The molecule has 1 aromatic carbocycles. The fourth-order valence-corrected chi connectivity index (χ4v) is 4.06. The highest BCUT2D eigenvalue weighted by Gasteiger charge is 2.29. The van der Waals surface area contributed by atoms with E-state index in [-0.39, 0.29) is 0 Å². The first-order valence-corrected chi connectivity index (χ1v) is 8.72. The van der Waals surface area contributed by atoms with Gasteiger partial charge in [0.1, 0.15) is 19.3 Å². The van der Waals surface area contributed by atoms with Crippen molar-refractivity contribution in [3.8, 4) is 11.5 Å². The molecule has 3 rings (SSSR count). The van der Waals surface area contributed by atoms with E-state index < -0.39 is 12.0 Å². The highest BCUT2D eigenvalue weighted by Crippen LogP contribution is 2.36. The molecule has 0 spiro atoms. The van der Waals surface area contributed by atoms with Crippen molar-refractivity contribution in [3.05, 3.63) is 22.2 Å². The number of fused-ring (bicyclic) bond motifs is 1. The van der Waals surface area contributed by atoms with Crippen LogP contribution in [0.25, 0.3) is 0 Å². The second-order valence-corrected chi connectivity index (χ2v) is 6.99. The van der Waals surface area contributed by atoms with Crippen LogP contribution in [0.2, 0.25) is 0 Å². The molecule has 2 heterocycles. The van der Waals surface area contributed by atoms with Gasteiger partial charge in [0.2, 0.25) is 0 Å². The predicted octanol–water partition coefficient (Wildman–Crippen LogP) is 2.22. The van der Waals surface area contributed by atoms with Gasteiger partial charge >= 0.3 is 5.97 Å². The van der Waals surface area contributed by atoms with Gasteiger partial charge < -0.3 is 14.6 Å². The minimum atomic E-state index is -0.754. The summed E-state index contributed by atoms with van der Waals surface area (Å²) in [6, 6.07) is 3.42. The minimum Gasteiger partial charge on any atom is -0.486 e. The number of carboxylic acid groups (broad SMARTS) is 1. The molecule has 0 aliphatic carbocycles. The average Bonchev–Trinajstić information content (AvgIpc) is 2.48. The summed E-state index contributed by atoms with van der Waals surface area (Å²) in [7, 11) is 0. The molecule has 1 atom stereocenters. The van der Waals surface area contributed by atoms with E-state index in [4.69, 9.17) is 9.47 Å². The van der Waals surface area contributed by atoms with E-state index in [1.54, 1.807) is 11.8 Å². The maximum atomic E-state index is 11.4. The molecule has 1 saturated heterocycles. The molecule has 5 nitrogen and oxygen atoms in total. The molecular formula is C14H16BrNO4S. The van der Waals surface area contributed by atoms with E-state index in [1.807, 2.05) is 17.0 Å². The normalized spacial score (nSPS) is 22.0. The Morgan fingerprint density at radius 1 is 1.38 bits per heavy atom. The van der Waals surface area contributed by atoms with Gasteiger partial charge in [0.15, 0.2) is 11.5 Å². The summed E-state index contributed by atoms with van der Waals surface area (Å²) >= 11 is 5.24. The number of aliphatic carboxylic acids is 1. The van der Waals surface area contributed by atoms with E-state index in [0.29, 0.717) is 25.5 Å². The van der Waals surface area contributed by atoms with Crippen LogP contribution < -0.4 is 9.47 Å². The lowest BCUT2D eigenvalue weighted by atomic mass is 10.1. The van der Waals surface area contributed by atoms with Crippen molar-refractivity contribution in [3.63, 3.8) is 0 Å². The molecule has 0 bridgehead atoms. The van der Waals surface area contributed by atoms with Gasteiger partial charge in [-0.15, -0.1) is 0 Å². The number of hydrogen-bond acceptors (Lipinski definition) is 5. The van der Waals surface area contributed by atoms with Crippen molar-refractivity contribution in [1.29, 1.82) is 0 Å². The molecule has 21 heavy (non-hydrogen) atoms. The summed E-state index contributed by atoms with van der Waals surface area (Å²) in [4.78, 5) is 13.4. The van der Waals surface area contributed by atoms with Crippen molar-refractivity contribution in [2.24, 2.45) is 0 Å². The van der Waals surface area contributed by atoms with Crippen LogP contribution >= 0.6 is 27.7 Å². The average molecular weight is 374 g/mol. The number of ether oxygens (including phenoxy) is 2. The van der Waals surface area contributed by atoms with Crippen molar-refractivity contribution in [2.45, 2.75) is 12.6 Å². The van der Waals surface area contributed by atoms with Crippen LogP contribution in [0.4, 0.5) is 0 Å². The Morgan fingerprint density at radius 2 is 2.10 bits per heavy atom. The van der Waals surface area contributed by atoms with Crippen LogP contribution in [0, 0.1) is 0 Å². The molecule has 1 N–H and O–H groups in total. The van der Waals surface area contributed by atoms with Gasteiger partial charge in [-0.05, 0) is 17.7 Å². The smallest absolute Gasteiger partial charge is 0.321 e. The summed E-state index contributed by atoms with van der Waals surface area (Å²) in [6.45, 7) is 2.48. The highest BCUT2D eigenvalue weighted by molar-refractivity contribution is 9.10. The van der Waals surface area contributed by atoms with E-state index >= 15 is 0 Å². The lowest BCUT2D eigenvalue weighted by Gasteiger charge is -2.33. The van der Waals surface area contributed by atoms with Gasteiger partial charge in [0.05, 0.1) is 0 Å². The van der Waals surface area contributed by atoms with Crippen LogP contribution in [0.1, 0.15) is 5.56 Å². The second-order valence-electron chi connectivity index (χ2n) is 4.99. The molecule has 1 aromatic rings. The Hall–Kier alpha value is -0.920. The maximum Gasteiger partial charge on any atom is 0.321 e. The van der Waals surface area contributed by atoms with E-state index in [0.717, 1.165) is 33.8 Å². The molecule has 1 fully saturated rings. The zero-order chi connectivity index (χ0) is 14.8. The van der Waals surface area contributed by atoms with Gasteiger partial charge in [-0.25, -0.2) is 0 Å². The number of rotatable bonds is 3. The molecule has 7 heteroatoms. The van der Waals surface area contributed by atoms with Crippen molar-refractivity contribution < 1.29 is 19.4 Å². The summed E-state index contributed by atoms with van der Waals surface area (Å²) in [5.74, 6) is 2.32. The van der Waals surface area contributed by atoms with E-state index in [2.05, 4.69) is 15.9 Å². The lowest BCUT2D eigenvalue weighted by Crippen LogP contribution is -2.46. The third-order valence-corrected chi connectivity index (χ3v) is 5.37. The van der Waals surface area contributed by atoms with Crippen LogP contribution in [-0.2, 0) is 11.3 Å². The molecular weight excluding hydrogens is 358 g/mol. The Balaban J connectivity index is 1.81. The molecule has 0 saturated carbocycles. The first-order valence-electron chi connectivity index (χ1n) is 6.78. The number of halogens is 1. The topological polar surface area (TPSA) is 59.0 Å². The quantitative estimate of drug-likeness (QED) is 0.876. The third-order valence-electron chi connectivity index (χ3n) is 3.61. The van der Waals surface area contributed by atoms with Crippen molar-refractivity contribution in [2.75, 3.05) is 31.3 Å². The zero-order valence-corrected chi connectivity index (χ0v) is 13.8. The number of hydrogen-bond donors (Lipinski definition) is 1. The first-order chi connectivity index (χ1) is 10.1. The van der Waals surface area contributed by atoms with Gasteiger partial charge in [-0.1, -0.05) is 15.9 Å². The van der Waals surface area contributed by atoms with Crippen LogP contribution in [0.3, 0.4) is 0 Å². The highest BCUT2D eigenvalue weighted by atomic mass is 79.9. The largest absolute Gasteiger partial charge is 0.486 e. The second kappa shape index (κ2) is 6.46. The van der Waals surface area contributed by atoms with Gasteiger partial charge in [-0.3, -0.25) is 9.69 Å². The number of benzene rings is 1. The Bertz CT molecular complexity index is 554. The van der Waals surface area contributed by atoms with Gasteiger partial charge in [0.25, 0.3) is 0 Å². The van der Waals surface area contributed by atoms with Crippen LogP contribution in [0.5, 0.6) is 11.5 Å². The molecule has 2 aliphatic rings. The zero-order valence-electron chi connectivity index (χ0n) is 11.4. The predicted molar refractivity (Wildman–Crippen MR) is 84.3 cm³/mol. The molecule has 1 unspecified atom stereocenters. The lowest BCUT2D eigenvalue weighted by molar-refractivity contribution is -0.142. The summed E-state index contributed by atoms with van der Waals surface area (Å²) in [6.07, 6.45) is 0. The molecule has 2 aliphatic heterocycles. The molecule has 0 aromatic heterocycles. The van der Waals surface area contributed by atoms with E-state index in [9.17, 15) is 9.90 Å². The van der Waals surface area contributed by atoms with Crippen molar-refractivity contribution in [1.82, 2.24) is 4.90 Å². The SMILES string of the molecule is O=C(O)C1CSCCN1Cc1cc2c(cc1Br)OCCO2. The van der Waals surface area contributed by atoms with Gasteiger partial charge in [-0.2, -0.15) is 11.8 Å². The Morgan fingerprint density at radius 3 is 2.81 bits per heavy atom. The fourth-order valence-electron chi connectivity index (χ4n) is 2.50. The number of thioether (sulfide) groups is 1. The summed E-state index contributed by atoms with van der Waals surface area (Å²) in [5, 5.41) is 9.34. The Kier molecular flexibility index (Phi) is 4.61. The fraction of sp³-hybridized carbons (Fsp3) is 0.500. The number of carbonyl (C=O) groups is 1. The molecule has 0 amide bonds. The van der Waals surface area contributed by atoms with Crippen LogP contribution in [-0.4, -0.2) is 53.3 Å². The first kappa shape index (κ1) is 15.0.